The van der Waals surface area contributed by atoms with Gasteiger partial charge in [0, 0.05) is 30.0 Å². The van der Waals surface area contributed by atoms with E-state index in [0.717, 1.165) is 18.2 Å². The van der Waals surface area contributed by atoms with Gasteiger partial charge in [0.1, 0.15) is 0 Å². The van der Waals surface area contributed by atoms with Gasteiger partial charge in [-0.1, -0.05) is 12.1 Å². The molecule has 0 aromatic heterocycles. The second kappa shape index (κ2) is 8.47. The van der Waals surface area contributed by atoms with Gasteiger partial charge in [0.25, 0.3) is 5.69 Å². The van der Waals surface area contributed by atoms with Crippen molar-refractivity contribution in [1.82, 2.24) is 5.32 Å². The number of benzene rings is 2. The van der Waals surface area contributed by atoms with Crippen LogP contribution in [0, 0.1) is 21.7 Å². The van der Waals surface area contributed by atoms with Crippen molar-refractivity contribution in [3.8, 4) is 0 Å². The fraction of sp³-hybridized carbons (Fsp3) is 0.0588. The van der Waals surface area contributed by atoms with Crippen LogP contribution < -0.4 is 10.6 Å². The predicted octanol–water partition coefficient (Wildman–Crippen LogP) is 2.64. The number of nitrogens with one attached hydrogen (secondary N) is 2. The van der Waals surface area contributed by atoms with Crippen LogP contribution in [0.3, 0.4) is 0 Å². The Hall–Kier alpha value is -3.62. The summed E-state index contributed by atoms with van der Waals surface area (Å²) in [6, 6.07) is 8.53. The Bertz CT molecular complexity index is 884. The van der Waals surface area contributed by atoms with E-state index in [2.05, 4.69) is 10.6 Å². The molecule has 0 saturated heterocycles. The summed E-state index contributed by atoms with van der Waals surface area (Å²) in [4.78, 5) is 33.5. The molecule has 0 radical (unpaired) electrons. The van der Waals surface area contributed by atoms with E-state index >= 15 is 0 Å². The summed E-state index contributed by atoms with van der Waals surface area (Å²) < 4.78 is 25.8. The van der Waals surface area contributed by atoms with Gasteiger partial charge in [0.15, 0.2) is 11.6 Å². The minimum atomic E-state index is -1.10. The maximum absolute atomic E-state index is 13.0. The summed E-state index contributed by atoms with van der Waals surface area (Å²) >= 11 is 0. The van der Waals surface area contributed by atoms with E-state index in [1.165, 1.54) is 30.3 Å². The van der Waals surface area contributed by atoms with Crippen LogP contribution in [-0.2, 0) is 9.59 Å². The van der Waals surface area contributed by atoms with Crippen LogP contribution in [0.2, 0.25) is 0 Å². The number of rotatable bonds is 6. The Morgan fingerprint density at radius 3 is 2.58 bits per heavy atom. The van der Waals surface area contributed by atoms with Crippen molar-refractivity contribution in [2.45, 2.75) is 0 Å². The molecule has 0 heterocycles. The fourth-order valence-electron chi connectivity index (χ4n) is 1.92. The topological polar surface area (TPSA) is 101 Å². The minimum Gasteiger partial charge on any atom is -0.343 e. The molecule has 0 spiro atoms. The monoisotopic (exact) mass is 361 g/mol. The normalized spacial score (nSPS) is 10.5. The van der Waals surface area contributed by atoms with Gasteiger partial charge in [-0.2, -0.15) is 0 Å². The van der Waals surface area contributed by atoms with E-state index in [1.807, 2.05) is 0 Å². The summed E-state index contributed by atoms with van der Waals surface area (Å²) in [7, 11) is 0. The van der Waals surface area contributed by atoms with Crippen LogP contribution in [0.4, 0.5) is 20.2 Å². The Kier molecular flexibility index (Phi) is 6.10. The largest absolute Gasteiger partial charge is 0.343 e. The Labute approximate surface area is 146 Å². The lowest BCUT2D eigenvalue weighted by Crippen LogP contribution is -2.31. The first-order valence-electron chi connectivity index (χ1n) is 7.30. The van der Waals surface area contributed by atoms with Crippen LogP contribution in [0.1, 0.15) is 5.56 Å². The van der Waals surface area contributed by atoms with Crippen molar-refractivity contribution >= 4 is 29.3 Å². The zero-order valence-electron chi connectivity index (χ0n) is 13.2. The Balaban J connectivity index is 1.85. The first-order chi connectivity index (χ1) is 12.3. The summed E-state index contributed by atoms with van der Waals surface area (Å²) in [6.07, 6.45) is 2.47. The molecule has 0 unspecified atom stereocenters. The van der Waals surface area contributed by atoms with Crippen molar-refractivity contribution in [2.24, 2.45) is 0 Å². The second-order valence-corrected chi connectivity index (χ2v) is 5.08. The third kappa shape index (κ3) is 5.48. The third-order valence-corrected chi connectivity index (χ3v) is 3.13. The van der Waals surface area contributed by atoms with Crippen molar-refractivity contribution in [3.63, 3.8) is 0 Å². The highest BCUT2D eigenvalue weighted by Crippen LogP contribution is 2.14. The zero-order valence-corrected chi connectivity index (χ0v) is 13.2. The number of amides is 2. The van der Waals surface area contributed by atoms with Crippen LogP contribution in [0.15, 0.2) is 48.5 Å². The summed E-state index contributed by atoms with van der Waals surface area (Å²) in [5.41, 5.74) is 0.384. The van der Waals surface area contributed by atoms with Crippen LogP contribution in [-0.4, -0.2) is 23.3 Å². The van der Waals surface area contributed by atoms with Gasteiger partial charge < -0.3 is 10.6 Å². The van der Waals surface area contributed by atoms with E-state index in [4.69, 9.17) is 0 Å². The van der Waals surface area contributed by atoms with E-state index in [1.54, 1.807) is 6.07 Å². The minimum absolute atomic E-state index is 0.0512. The lowest BCUT2D eigenvalue weighted by atomic mass is 10.2. The van der Waals surface area contributed by atoms with E-state index in [-0.39, 0.29) is 11.4 Å². The molecule has 2 rings (SSSR count). The van der Waals surface area contributed by atoms with Gasteiger partial charge in [0.2, 0.25) is 11.8 Å². The number of anilines is 1. The molecule has 0 aliphatic carbocycles. The summed E-state index contributed by atoms with van der Waals surface area (Å²) in [6.45, 7) is -0.392. The molecule has 0 atom stereocenters. The fourth-order valence-corrected chi connectivity index (χ4v) is 1.92. The number of nitro groups is 1. The number of hydrogen-bond acceptors (Lipinski definition) is 4. The van der Waals surface area contributed by atoms with Crippen molar-refractivity contribution in [2.75, 3.05) is 11.9 Å². The molecule has 134 valence electrons. The molecule has 26 heavy (non-hydrogen) atoms. The second-order valence-electron chi connectivity index (χ2n) is 5.08. The molecular formula is C17H13F2N3O4. The van der Waals surface area contributed by atoms with E-state index in [9.17, 15) is 28.5 Å². The maximum atomic E-state index is 13.0. The van der Waals surface area contributed by atoms with Crippen molar-refractivity contribution in [1.29, 1.82) is 0 Å². The smallest absolute Gasteiger partial charge is 0.270 e. The van der Waals surface area contributed by atoms with Crippen molar-refractivity contribution in [3.05, 3.63) is 75.9 Å². The highest BCUT2D eigenvalue weighted by molar-refractivity contribution is 5.98. The molecule has 7 nitrogen and oxygen atoms in total. The Morgan fingerprint density at radius 1 is 1.12 bits per heavy atom. The number of non-ortho nitro benzene ring substituents is 1. The van der Waals surface area contributed by atoms with Gasteiger partial charge in [-0.25, -0.2) is 8.78 Å². The van der Waals surface area contributed by atoms with Gasteiger partial charge in [0.05, 0.1) is 11.5 Å². The third-order valence-electron chi connectivity index (χ3n) is 3.13. The highest BCUT2D eigenvalue weighted by Gasteiger charge is 2.07. The van der Waals surface area contributed by atoms with Crippen LogP contribution in [0.5, 0.6) is 0 Å². The molecule has 9 heteroatoms. The quantitative estimate of drug-likeness (QED) is 0.469. The number of halogens is 2. The van der Waals surface area contributed by atoms with E-state index in [0.29, 0.717) is 5.56 Å². The van der Waals surface area contributed by atoms with Gasteiger partial charge >= 0.3 is 0 Å². The number of nitrogens with zero attached hydrogens (tertiary/aromatic N) is 1. The molecule has 0 fully saturated rings. The molecule has 0 saturated carbocycles. The summed E-state index contributed by atoms with van der Waals surface area (Å²) in [5.74, 6) is -3.38. The molecule has 0 aliphatic rings. The van der Waals surface area contributed by atoms with Gasteiger partial charge in [-0.05, 0) is 23.8 Å². The number of carbonyl (C=O) groups is 2. The molecule has 2 aromatic carbocycles. The molecule has 0 bridgehead atoms. The lowest BCUT2D eigenvalue weighted by Gasteiger charge is -2.06. The molecule has 2 aromatic rings. The molecular weight excluding hydrogens is 348 g/mol. The zero-order chi connectivity index (χ0) is 19.1. The van der Waals surface area contributed by atoms with Gasteiger partial charge in [-0.3, -0.25) is 19.7 Å². The highest BCUT2D eigenvalue weighted by atomic mass is 19.2. The standard InChI is InChI=1S/C17H13F2N3O4/c18-14-6-5-12(9-15(14)19)21-17(24)10-20-16(23)7-4-11-2-1-3-13(8-11)22(25)26/h1-9H,10H2,(H,20,23)(H,21,24)/b7-4+. The summed E-state index contributed by atoms with van der Waals surface area (Å²) in [5, 5.41) is 15.3. The molecule has 0 aliphatic heterocycles. The average Bonchev–Trinajstić information content (AvgIpc) is 2.61. The first-order valence-corrected chi connectivity index (χ1v) is 7.30. The number of hydrogen-bond donors (Lipinski definition) is 2. The number of carbonyl (C=O) groups excluding carboxylic acids is 2. The molecule has 2 amide bonds. The lowest BCUT2D eigenvalue weighted by molar-refractivity contribution is -0.384. The Morgan fingerprint density at radius 2 is 1.88 bits per heavy atom. The average molecular weight is 361 g/mol. The maximum Gasteiger partial charge on any atom is 0.270 e. The van der Waals surface area contributed by atoms with E-state index < -0.39 is 34.9 Å². The van der Waals surface area contributed by atoms with Crippen molar-refractivity contribution < 1.29 is 23.3 Å². The molecule has 2 N–H and O–H groups in total. The SMILES string of the molecule is O=C(/C=C/c1cccc([N+](=O)[O-])c1)NCC(=O)Nc1ccc(F)c(F)c1. The first kappa shape index (κ1) is 18.7. The van der Waals surface area contributed by atoms with Crippen LogP contribution in [0.25, 0.3) is 6.08 Å². The van der Waals surface area contributed by atoms with Gasteiger partial charge in [-0.15, -0.1) is 0 Å². The predicted molar refractivity (Wildman–Crippen MR) is 90.1 cm³/mol. The number of nitro benzene ring substituents is 1. The van der Waals surface area contributed by atoms with Crippen LogP contribution >= 0.6 is 0 Å².